The van der Waals surface area contributed by atoms with Gasteiger partial charge in [-0.15, -0.1) is 5.10 Å². The zero-order chi connectivity index (χ0) is 102. The number of carbonyl (C=O) groups is 16. The summed E-state index contributed by atoms with van der Waals surface area (Å²) in [7, 11) is 0. The smallest absolute Gasteiger partial charge is 0.246 e. The van der Waals surface area contributed by atoms with Crippen molar-refractivity contribution in [1.29, 1.82) is 5.41 Å². The lowest BCUT2D eigenvalue weighted by Gasteiger charge is -2.31. The normalized spacial score (nSPS) is 18.6. The lowest BCUT2D eigenvalue weighted by atomic mass is 10.0. The fraction of sp³-hybridized carbons (Fsp3) is 0.628. The number of ether oxygens (including phenoxy) is 2. The van der Waals surface area contributed by atoms with Gasteiger partial charge in [-0.3, -0.25) is 82.1 Å². The first-order chi connectivity index (χ1) is 67.4. The number of tetrazole rings is 1. The first-order valence-corrected chi connectivity index (χ1v) is 48.9. The Labute approximate surface area is 814 Å². The van der Waals surface area contributed by atoms with Crippen molar-refractivity contribution < 1.29 is 96.4 Å². The van der Waals surface area contributed by atoms with Gasteiger partial charge in [-0.25, -0.2) is 10.1 Å². The minimum absolute atomic E-state index is 0.00790. The fourth-order valence-corrected chi connectivity index (χ4v) is 16.1. The van der Waals surface area contributed by atoms with E-state index in [1.807, 2.05) is 18.2 Å². The molecule has 2 aromatic carbocycles. The Kier molecular flexibility index (Phi) is 51.8. The molecule has 12 atom stereocenters. The number of aromatic nitrogens is 7. The third-order valence-electron chi connectivity index (χ3n) is 23.9. The highest BCUT2D eigenvalue weighted by Crippen LogP contribution is 2.24. The molecule has 3 aromatic heterocycles. The molecule has 0 spiro atoms. The van der Waals surface area contributed by atoms with Crippen LogP contribution >= 0.6 is 0 Å². The van der Waals surface area contributed by atoms with Crippen molar-refractivity contribution in [3.63, 3.8) is 0 Å². The summed E-state index contributed by atoms with van der Waals surface area (Å²) in [4.78, 5) is 238. The van der Waals surface area contributed by atoms with Gasteiger partial charge in [0.2, 0.25) is 88.6 Å². The maximum atomic E-state index is 15.5. The van der Waals surface area contributed by atoms with E-state index in [2.05, 4.69) is 115 Å². The van der Waals surface area contributed by atoms with Crippen molar-refractivity contribution in [1.82, 2.24) is 120 Å². The highest BCUT2D eigenvalue weighted by atomic mass is 16.5. The molecular formula is C94H146N26O20. The number of benzene rings is 2. The first kappa shape index (κ1) is 114. The van der Waals surface area contributed by atoms with E-state index in [4.69, 9.17) is 26.4 Å². The number of amides is 15. The number of aryl methyl sites for hydroxylation is 1. The summed E-state index contributed by atoms with van der Waals surface area (Å²) in [6.07, 6.45) is 17.6. The lowest BCUT2D eigenvalue weighted by molar-refractivity contribution is -0.143. The monoisotopic (exact) mass is 1960 g/mol. The fourth-order valence-electron chi connectivity index (χ4n) is 16.1. The number of ketones is 1. The van der Waals surface area contributed by atoms with Crippen LogP contribution in [-0.2, 0) is 112 Å². The van der Waals surface area contributed by atoms with Gasteiger partial charge in [-0.2, -0.15) is 0 Å². The zero-order valence-electron chi connectivity index (χ0n) is 80.8. The van der Waals surface area contributed by atoms with E-state index < -0.39 is 213 Å². The topological polar surface area (TPSA) is 691 Å². The predicted molar refractivity (Wildman–Crippen MR) is 514 cm³/mol. The summed E-state index contributed by atoms with van der Waals surface area (Å²) in [5.41, 5.74) is 13.2. The van der Waals surface area contributed by atoms with Crippen molar-refractivity contribution in [3.05, 3.63) is 96.0 Å². The average molecular weight is 1960 g/mol. The molecule has 0 radical (unpaired) electrons. The molecule has 0 aliphatic carbocycles. The molecule has 2 saturated heterocycles. The van der Waals surface area contributed by atoms with Gasteiger partial charge in [-0.1, -0.05) is 153 Å². The average Bonchev–Trinajstić information content (AvgIpc) is 1.64. The molecule has 0 unspecified atom stereocenters. The van der Waals surface area contributed by atoms with Crippen molar-refractivity contribution in [2.45, 2.75) is 305 Å². The van der Waals surface area contributed by atoms with E-state index in [-0.39, 0.29) is 140 Å². The number of rotatable bonds is 58. The van der Waals surface area contributed by atoms with Crippen molar-refractivity contribution in [2.75, 3.05) is 72.3 Å². The largest absolute Gasteiger partial charge is 0.394 e. The summed E-state index contributed by atoms with van der Waals surface area (Å²) >= 11 is 0. The van der Waals surface area contributed by atoms with Gasteiger partial charge in [-0.05, 0) is 98.8 Å². The Morgan fingerprint density at radius 3 is 1.91 bits per heavy atom. The maximum absolute atomic E-state index is 15.5. The van der Waals surface area contributed by atoms with Crippen molar-refractivity contribution in [2.24, 2.45) is 11.5 Å². The van der Waals surface area contributed by atoms with E-state index >= 15 is 24.0 Å². The first-order valence-electron chi connectivity index (χ1n) is 48.9. The van der Waals surface area contributed by atoms with Gasteiger partial charge in [0.1, 0.15) is 72.8 Å². The van der Waals surface area contributed by atoms with Crippen LogP contribution in [0.25, 0.3) is 10.9 Å². The number of Topliss-reactive ketones (excluding diaryl/α,β-unsaturated/α-hetero) is 1. The summed E-state index contributed by atoms with van der Waals surface area (Å²) in [5, 5.41) is 84.4. The molecule has 2 aliphatic heterocycles. The molecule has 140 heavy (non-hydrogen) atoms. The van der Waals surface area contributed by atoms with Crippen molar-refractivity contribution >= 4 is 111 Å². The second-order valence-electron chi connectivity index (χ2n) is 35.7. The van der Waals surface area contributed by atoms with Gasteiger partial charge in [0.25, 0.3) is 0 Å². The van der Waals surface area contributed by atoms with Crippen LogP contribution in [-0.4, -0.2) is 302 Å². The Balaban J connectivity index is 0.975. The number of H-pyrrole nitrogens is 3. The number of aromatic amines is 3. The Hall–Kier alpha value is -13.0. The van der Waals surface area contributed by atoms with E-state index in [1.165, 1.54) is 70.8 Å². The molecule has 25 N–H and O–H groups in total. The molecule has 5 aromatic rings. The summed E-state index contributed by atoms with van der Waals surface area (Å²) in [6, 6.07) is -1.41. The quantitative estimate of drug-likeness (QED) is 0.0121. The zero-order valence-corrected chi connectivity index (χ0v) is 80.8. The molecule has 2 fully saturated rings. The van der Waals surface area contributed by atoms with Crippen LogP contribution in [0.15, 0.2) is 73.3 Å². The number of hydrogen-bond acceptors (Lipinski definition) is 26. The molecule has 46 nitrogen and oxygen atoms in total. The van der Waals surface area contributed by atoms with Crippen LogP contribution in [0, 0.1) is 5.41 Å². The molecule has 46 heteroatoms. The summed E-state index contributed by atoms with van der Waals surface area (Å²) in [5.74, 6) is -12.8. The number of hydrogen-bond donors (Lipinski definition) is 23. The van der Waals surface area contributed by atoms with Gasteiger partial charge in [0, 0.05) is 113 Å². The number of aliphatic hydroxyl groups excluding tert-OH is 2. The molecule has 0 bridgehead atoms. The SMILES string of the molecule is CCCC[C@H](NC(=O)[C@H](CNC(C)C)NC(=O)[C@H](Cc1c[nH]cn1)NC(=O)[C@H](CCC(N)=O)NC(=O)[C@H](CO)NC(=O)CNC(=O)COCCOCCNC(=O)CCCCCCCCCCCCCCCc1nnn[nH]1)C(=O)N[C@H]1CCC(=O)NCCCC[C@@H](C(C)=O)NC(=O)[C@H](Cc2c[nH]c3ccccc23)NC(=O)[C@H](CCCNC(=N)N)NC(=O)[C@@H](Cc2ccccc2)NC(=O)[C@@H]2C[C@@H](O)CN2C1=O. The van der Waals surface area contributed by atoms with Gasteiger partial charge >= 0.3 is 0 Å². The number of imidazole rings is 1. The molecular weight excluding hydrogens is 1810 g/mol. The van der Waals surface area contributed by atoms with E-state index in [1.54, 1.807) is 63.4 Å². The number of fused-ring (bicyclic) bond motifs is 2. The molecule has 7 rings (SSSR count). The number of aliphatic hydroxyl groups is 2. The number of nitrogens with zero attached hydrogens (tertiary/aromatic N) is 5. The van der Waals surface area contributed by atoms with Crippen LogP contribution in [0.1, 0.15) is 224 Å². The molecule has 5 heterocycles. The number of primary amides is 1. The van der Waals surface area contributed by atoms with Gasteiger partial charge < -0.3 is 126 Å². The van der Waals surface area contributed by atoms with Crippen LogP contribution in [0.5, 0.6) is 0 Å². The Morgan fingerprint density at radius 1 is 0.614 bits per heavy atom. The molecule has 2 aliphatic rings. The second kappa shape index (κ2) is 63.6. The third-order valence-corrected chi connectivity index (χ3v) is 23.9. The number of nitrogens with two attached hydrogens (primary N) is 2. The molecule has 0 saturated carbocycles. The van der Waals surface area contributed by atoms with Crippen LogP contribution in [0.2, 0.25) is 0 Å². The minimum Gasteiger partial charge on any atom is -0.394 e. The Bertz CT molecular complexity index is 4740. The predicted octanol–water partition coefficient (Wildman–Crippen LogP) is -1.41. The minimum atomic E-state index is -1.76. The van der Waals surface area contributed by atoms with E-state index in [0.29, 0.717) is 24.0 Å². The third kappa shape index (κ3) is 43.2. The number of guanidine groups is 1. The Morgan fingerprint density at radius 2 is 1.24 bits per heavy atom. The van der Waals surface area contributed by atoms with Crippen molar-refractivity contribution in [3.8, 4) is 0 Å². The molecule has 15 amide bonds. The number of nitrogens with one attached hydrogen (secondary N) is 19. The van der Waals surface area contributed by atoms with Crippen LogP contribution < -0.4 is 91.2 Å². The second-order valence-corrected chi connectivity index (χ2v) is 35.7. The highest BCUT2D eigenvalue weighted by molar-refractivity contribution is 6.01. The lowest BCUT2D eigenvalue weighted by Crippen LogP contribution is -2.62. The van der Waals surface area contributed by atoms with Gasteiger partial charge in [0.05, 0.1) is 57.1 Å². The standard InChI is InChI=1S/C94H146N26O20/c1-5-6-31-68(84(129)111-71-38-40-81(126)99-41-26-25-32-66(60(4)122)107-88(133)73(48-62-51-103-67-33-24-23-30-65(62)67)112-85(130)69(34-27-42-101-94(96)97)108-87(132)72(47-61-28-19-18-20-29-61)114-92(137)77-50-64(123)55-120(77)93(71)138)109-90(135)75(53-102-59(2)3)115-89(134)74(49-63-52-98-58-105-63)113-86(131)70(37-39-78(95)124)110-91(136)76(56-121)106-82(127)54-104-83(128)57-140-46-45-139-44-43-100-80(125)36-22-17-15-13-11-9-7-8-10-12-14-16-21-35-79-116-118-119-117-79/h18-20,23-24,28-30,33,51-52,58-59,64,66,68-77,102-103,121,123H,5-17,21-22,25-27,31-32,34-50,53-57H2,1-4H3,(H2,95,124)(H,98,105)(H,99,126)(H,100,125)(H,104,128)(H,106,127)(H,107,133)(H,108,132)(H,109,135)(H,110,136)(H,111,129)(H,112,130)(H,113,131)(H,114,137)(H,115,134)(H4,96,97,101)(H,116,117,118,119)/t64-,66+,68+,69+,70+,71+,72-,73+,74+,75+,76+,77+/m1/s1. The van der Waals surface area contributed by atoms with Gasteiger partial charge in [0.15, 0.2) is 11.7 Å². The van der Waals surface area contributed by atoms with Crippen LogP contribution in [0.4, 0.5) is 0 Å². The summed E-state index contributed by atoms with van der Waals surface area (Å²) in [6.45, 7) is 4.21. The number of carbonyl (C=O) groups excluding carboxylic acids is 16. The number of para-hydroxylation sites is 1. The van der Waals surface area contributed by atoms with E-state index in [0.717, 1.165) is 60.2 Å². The summed E-state index contributed by atoms with van der Waals surface area (Å²) < 4.78 is 10.9. The molecule has 772 valence electrons. The van der Waals surface area contributed by atoms with Crippen LogP contribution in [0.3, 0.4) is 0 Å². The maximum Gasteiger partial charge on any atom is 0.246 e. The highest BCUT2D eigenvalue weighted by Gasteiger charge is 2.44. The number of unbranched alkanes of at least 4 members (excludes halogenated alkanes) is 13. The van der Waals surface area contributed by atoms with E-state index in [9.17, 15) is 63.0 Å².